The maximum Gasteiger partial charge on any atom is 0.299 e. The van der Waals surface area contributed by atoms with Crippen LogP contribution in [0.25, 0.3) is 0 Å². The molecule has 3 aromatic carbocycles. The summed E-state index contributed by atoms with van der Waals surface area (Å²) in [6.45, 7) is -0.164. The summed E-state index contributed by atoms with van der Waals surface area (Å²) in [6, 6.07) is 18.2. The zero-order valence-corrected chi connectivity index (χ0v) is 23.7. The van der Waals surface area contributed by atoms with Crippen LogP contribution in [0.5, 0.6) is 17.2 Å². The summed E-state index contributed by atoms with van der Waals surface area (Å²) in [6.07, 6.45) is 6.19. The maximum atomic E-state index is 14.2. The Bertz CT molecular complexity index is 1600. The zero-order valence-electron chi connectivity index (χ0n) is 23.7. The van der Waals surface area contributed by atoms with Crippen molar-refractivity contribution >= 4 is 34.9 Å². The predicted molar refractivity (Wildman–Crippen MR) is 158 cm³/mol. The molecule has 0 saturated heterocycles. The Kier molecular flexibility index (Phi) is 7.83. The average molecular weight is 582 g/mol. The van der Waals surface area contributed by atoms with Gasteiger partial charge < -0.3 is 24.4 Å². The number of hydrogen-bond donors (Lipinski definition) is 1. The van der Waals surface area contributed by atoms with Crippen LogP contribution in [0, 0.1) is 5.92 Å². The van der Waals surface area contributed by atoms with Gasteiger partial charge in [-0.2, -0.15) is 0 Å². The van der Waals surface area contributed by atoms with Gasteiger partial charge in [0.1, 0.15) is 18.3 Å². The SMILES string of the molecule is COc1ccc(CN(C(=O)CN2C(=O)C(=O)c3ccccc32)[C@@H](C(=O)Nc2ccc3c(c2)OCO3)[C@@H]2CC=CCC2)cc1. The Hall–Kier alpha value is -5.12. The molecule has 6 rings (SSSR count). The number of rotatable bonds is 9. The van der Waals surface area contributed by atoms with Crippen LogP contribution in [0.2, 0.25) is 0 Å². The fraction of sp³-hybridized carbons (Fsp3) is 0.273. The van der Waals surface area contributed by atoms with Gasteiger partial charge in [0.25, 0.3) is 11.7 Å². The molecule has 43 heavy (non-hydrogen) atoms. The molecule has 220 valence electrons. The number of amides is 3. The lowest BCUT2D eigenvalue weighted by atomic mass is 9.85. The van der Waals surface area contributed by atoms with E-state index in [2.05, 4.69) is 11.4 Å². The third-order valence-corrected chi connectivity index (χ3v) is 8.01. The summed E-state index contributed by atoms with van der Waals surface area (Å²) in [5, 5.41) is 2.99. The van der Waals surface area contributed by atoms with Crippen LogP contribution in [0.15, 0.2) is 78.9 Å². The molecule has 2 heterocycles. The van der Waals surface area contributed by atoms with E-state index in [-0.39, 0.29) is 37.3 Å². The van der Waals surface area contributed by atoms with Crippen LogP contribution < -0.4 is 24.4 Å². The maximum absolute atomic E-state index is 14.2. The summed E-state index contributed by atoms with van der Waals surface area (Å²) in [5.74, 6) is -0.622. The number of benzene rings is 3. The van der Waals surface area contributed by atoms with Gasteiger partial charge in [0.05, 0.1) is 18.4 Å². The van der Waals surface area contributed by atoms with E-state index in [9.17, 15) is 19.2 Å². The number of carbonyl (C=O) groups excluding carboxylic acids is 4. The second-order valence-electron chi connectivity index (χ2n) is 10.7. The lowest BCUT2D eigenvalue weighted by Crippen LogP contribution is -2.54. The third-order valence-electron chi connectivity index (χ3n) is 8.01. The molecule has 0 bridgehead atoms. The Labute approximate surface area is 248 Å². The molecule has 2 atom stereocenters. The van der Waals surface area contributed by atoms with Crippen molar-refractivity contribution in [3.63, 3.8) is 0 Å². The standard InChI is InChI=1S/C33H31N3O7/c1-41-24-14-11-21(12-15-24)18-36(29(37)19-35-26-10-6-5-9-25(26)31(38)33(35)40)30(22-7-3-2-4-8-22)32(39)34-23-13-16-27-28(17-23)43-20-42-27/h2-3,5-6,9-17,22,30H,4,7-8,18-20H2,1H3,(H,34,39)/t22-,30-/m1/s1. The monoisotopic (exact) mass is 581 g/mol. The highest BCUT2D eigenvalue weighted by molar-refractivity contribution is 6.52. The zero-order chi connectivity index (χ0) is 29.9. The molecule has 1 aliphatic carbocycles. The number of nitrogens with zero attached hydrogens (tertiary/aromatic N) is 2. The molecule has 0 fully saturated rings. The van der Waals surface area contributed by atoms with Crippen molar-refractivity contribution in [2.45, 2.75) is 31.8 Å². The summed E-state index contributed by atoms with van der Waals surface area (Å²) >= 11 is 0. The molecule has 10 nitrogen and oxygen atoms in total. The molecule has 0 aromatic heterocycles. The second-order valence-corrected chi connectivity index (χ2v) is 10.7. The Morgan fingerprint density at radius 1 is 1.02 bits per heavy atom. The van der Waals surface area contributed by atoms with Gasteiger partial charge in [0.15, 0.2) is 11.5 Å². The summed E-state index contributed by atoms with van der Waals surface area (Å²) in [4.78, 5) is 56.8. The molecule has 0 radical (unpaired) electrons. The van der Waals surface area contributed by atoms with Crippen molar-refractivity contribution in [3.8, 4) is 17.2 Å². The predicted octanol–water partition coefficient (Wildman–Crippen LogP) is 4.35. The number of para-hydroxylation sites is 1. The quantitative estimate of drug-likeness (QED) is 0.295. The first-order chi connectivity index (χ1) is 20.9. The van der Waals surface area contributed by atoms with E-state index < -0.39 is 23.6 Å². The lowest BCUT2D eigenvalue weighted by molar-refractivity contribution is -0.140. The van der Waals surface area contributed by atoms with Crippen molar-refractivity contribution in [3.05, 3.63) is 90.0 Å². The molecule has 2 aliphatic heterocycles. The van der Waals surface area contributed by atoms with Gasteiger partial charge in [0, 0.05) is 18.3 Å². The van der Waals surface area contributed by atoms with Crippen molar-refractivity contribution in [1.29, 1.82) is 0 Å². The molecule has 0 unspecified atom stereocenters. The fourth-order valence-corrected chi connectivity index (χ4v) is 5.80. The van der Waals surface area contributed by atoms with E-state index >= 15 is 0 Å². The molecule has 3 aromatic rings. The van der Waals surface area contributed by atoms with Crippen LogP contribution in [-0.2, 0) is 20.9 Å². The van der Waals surface area contributed by atoms with Gasteiger partial charge in [-0.3, -0.25) is 24.1 Å². The van der Waals surface area contributed by atoms with Gasteiger partial charge in [-0.05, 0) is 67.1 Å². The first-order valence-electron chi connectivity index (χ1n) is 14.2. The smallest absolute Gasteiger partial charge is 0.299 e. The molecule has 0 spiro atoms. The molecule has 10 heteroatoms. The van der Waals surface area contributed by atoms with Crippen molar-refractivity contribution in [1.82, 2.24) is 4.90 Å². The number of fused-ring (bicyclic) bond motifs is 2. The first-order valence-corrected chi connectivity index (χ1v) is 14.2. The minimum absolute atomic E-state index is 0.106. The number of carbonyl (C=O) groups is 4. The molecular formula is C33H31N3O7. The van der Waals surface area contributed by atoms with Gasteiger partial charge >= 0.3 is 0 Å². The van der Waals surface area contributed by atoms with Gasteiger partial charge in [-0.25, -0.2) is 0 Å². The van der Waals surface area contributed by atoms with Crippen molar-refractivity contribution in [2.75, 3.05) is 30.7 Å². The van der Waals surface area contributed by atoms with E-state index in [4.69, 9.17) is 14.2 Å². The molecular weight excluding hydrogens is 550 g/mol. The number of methoxy groups -OCH3 is 1. The lowest BCUT2D eigenvalue weighted by Gasteiger charge is -2.37. The van der Waals surface area contributed by atoms with Gasteiger partial charge in [-0.1, -0.05) is 36.4 Å². The van der Waals surface area contributed by atoms with Crippen LogP contribution in [0.3, 0.4) is 0 Å². The topological polar surface area (TPSA) is 114 Å². The van der Waals surface area contributed by atoms with Crippen molar-refractivity contribution < 1.29 is 33.4 Å². The number of nitrogens with one attached hydrogen (secondary N) is 1. The van der Waals surface area contributed by atoms with Crippen molar-refractivity contribution in [2.24, 2.45) is 5.92 Å². The molecule has 1 N–H and O–H groups in total. The van der Waals surface area contributed by atoms with Crippen LogP contribution in [0.1, 0.15) is 35.2 Å². The summed E-state index contributed by atoms with van der Waals surface area (Å²) in [7, 11) is 1.57. The fourth-order valence-electron chi connectivity index (χ4n) is 5.80. The number of hydrogen-bond acceptors (Lipinski definition) is 7. The van der Waals surface area contributed by atoms with Gasteiger partial charge in [-0.15, -0.1) is 0 Å². The number of ketones is 1. The molecule has 3 aliphatic rings. The minimum Gasteiger partial charge on any atom is -0.497 e. The van der Waals surface area contributed by atoms with E-state index in [0.29, 0.717) is 41.5 Å². The van der Waals surface area contributed by atoms with Crippen LogP contribution >= 0.6 is 0 Å². The van der Waals surface area contributed by atoms with E-state index in [1.165, 1.54) is 9.80 Å². The number of Topliss-reactive ketones (excluding diaryl/α,β-unsaturated/α-hetero) is 1. The Morgan fingerprint density at radius 3 is 2.58 bits per heavy atom. The Balaban J connectivity index is 1.34. The number of allylic oxidation sites excluding steroid dienone is 2. The van der Waals surface area contributed by atoms with Gasteiger partial charge in [0.2, 0.25) is 18.6 Å². The van der Waals surface area contributed by atoms with Crippen LogP contribution in [-0.4, -0.2) is 54.9 Å². The second kappa shape index (κ2) is 12.0. The Morgan fingerprint density at radius 2 is 1.81 bits per heavy atom. The number of anilines is 2. The largest absolute Gasteiger partial charge is 0.497 e. The number of ether oxygens (including phenoxy) is 3. The van der Waals surface area contributed by atoms with E-state index in [1.807, 2.05) is 18.2 Å². The van der Waals surface area contributed by atoms with E-state index in [1.54, 1.807) is 61.7 Å². The summed E-state index contributed by atoms with van der Waals surface area (Å²) < 4.78 is 16.2. The minimum atomic E-state index is -0.867. The highest BCUT2D eigenvalue weighted by atomic mass is 16.7. The normalized spacial score (nSPS) is 17.4. The highest BCUT2D eigenvalue weighted by Crippen LogP contribution is 2.35. The molecule has 0 saturated carbocycles. The third kappa shape index (κ3) is 5.68. The van der Waals surface area contributed by atoms with E-state index in [0.717, 1.165) is 12.0 Å². The highest BCUT2D eigenvalue weighted by Gasteiger charge is 2.41. The summed E-state index contributed by atoms with van der Waals surface area (Å²) in [5.41, 5.74) is 1.94. The average Bonchev–Trinajstić information content (AvgIpc) is 3.60. The molecule has 3 amide bonds. The van der Waals surface area contributed by atoms with Crippen LogP contribution in [0.4, 0.5) is 11.4 Å². The first kappa shape index (κ1) is 28.0.